The summed E-state index contributed by atoms with van der Waals surface area (Å²) in [6.45, 7) is 3.80. The van der Waals surface area contributed by atoms with Crippen molar-refractivity contribution in [2.75, 3.05) is 6.61 Å². The molecule has 258 valence electrons. The van der Waals surface area contributed by atoms with Gasteiger partial charge < -0.3 is 37.9 Å². The SMILES string of the molecule is CC(=O)OC[C@H]1O[C@@H](Oc2ccccc2COC(=O)c2ccccc2OC(C)=O)[C@H](OC(C)=O)[C@@H](OC(=O)c2ccccc2)[C@@H]1OC(C)=O. The molecule has 14 nitrogen and oxygen atoms in total. The first-order valence-corrected chi connectivity index (χ1v) is 15.0. The second-order valence-electron chi connectivity index (χ2n) is 10.6. The quantitative estimate of drug-likeness (QED) is 0.154. The molecular formula is C35H34O14. The standard InChI is InChI=1S/C35H34O14/c1-20(36)42-19-29-30(45-22(3)38)31(49-33(40)24-12-6-5-7-13-24)32(46-23(4)39)35(48-29)47-27-16-10-8-14-25(27)18-43-34(41)26-15-9-11-17-28(26)44-21(2)37/h5-17,29-32,35H,18-19H2,1-4H3/t29-,30-,31+,32-,35-/m1/s1. The van der Waals surface area contributed by atoms with Gasteiger partial charge >= 0.3 is 35.8 Å². The minimum atomic E-state index is -1.54. The van der Waals surface area contributed by atoms with Crippen LogP contribution in [0.5, 0.6) is 11.5 Å². The monoisotopic (exact) mass is 678 g/mol. The highest BCUT2D eigenvalue weighted by Gasteiger charge is 2.53. The van der Waals surface area contributed by atoms with Crippen LogP contribution >= 0.6 is 0 Å². The second kappa shape index (κ2) is 16.9. The summed E-state index contributed by atoms with van der Waals surface area (Å²) >= 11 is 0. The van der Waals surface area contributed by atoms with E-state index in [0.717, 1.165) is 20.8 Å². The lowest BCUT2D eigenvalue weighted by atomic mass is 9.98. The van der Waals surface area contributed by atoms with Gasteiger partial charge in [0.1, 0.15) is 36.4 Å². The highest BCUT2D eigenvalue weighted by Crippen LogP contribution is 2.33. The molecule has 1 aliphatic heterocycles. The second-order valence-corrected chi connectivity index (χ2v) is 10.6. The van der Waals surface area contributed by atoms with Crippen molar-refractivity contribution >= 4 is 35.8 Å². The molecule has 49 heavy (non-hydrogen) atoms. The van der Waals surface area contributed by atoms with Crippen LogP contribution in [0.4, 0.5) is 0 Å². The van der Waals surface area contributed by atoms with Gasteiger partial charge in [-0.15, -0.1) is 0 Å². The zero-order valence-electron chi connectivity index (χ0n) is 27.0. The van der Waals surface area contributed by atoms with Crippen molar-refractivity contribution in [3.05, 3.63) is 95.6 Å². The van der Waals surface area contributed by atoms with Crippen molar-refractivity contribution in [1.82, 2.24) is 0 Å². The molecule has 0 aromatic heterocycles. The Morgan fingerprint density at radius 1 is 0.592 bits per heavy atom. The van der Waals surface area contributed by atoms with Gasteiger partial charge in [0.25, 0.3) is 0 Å². The highest BCUT2D eigenvalue weighted by molar-refractivity contribution is 5.93. The summed E-state index contributed by atoms with van der Waals surface area (Å²) in [7, 11) is 0. The molecule has 0 unspecified atom stereocenters. The molecule has 1 aliphatic rings. The molecule has 0 spiro atoms. The third-order valence-electron chi connectivity index (χ3n) is 6.83. The van der Waals surface area contributed by atoms with E-state index in [1.54, 1.807) is 48.5 Å². The summed E-state index contributed by atoms with van der Waals surface area (Å²) in [6, 6.07) is 20.3. The largest absolute Gasteiger partial charge is 0.463 e. The van der Waals surface area contributed by atoms with E-state index in [2.05, 4.69) is 0 Å². The van der Waals surface area contributed by atoms with Crippen molar-refractivity contribution in [1.29, 1.82) is 0 Å². The maximum absolute atomic E-state index is 13.3. The van der Waals surface area contributed by atoms with E-state index < -0.39 is 73.1 Å². The molecule has 14 heteroatoms. The van der Waals surface area contributed by atoms with Crippen LogP contribution in [0.1, 0.15) is 54.0 Å². The van der Waals surface area contributed by atoms with Crippen molar-refractivity contribution in [3.8, 4) is 11.5 Å². The van der Waals surface area contributed by atoms with Crippen LogP contribution in [0, 0.1) is 0 Å². The summed E-state index contributed by atoms with van der Waals surface area (Å²) < 4.78 is 44.9. The van der Waals surface area contributed by atoms with Gasteiger partial charge in [0.05, 0.1) is 5.56 Å². The fourth-order valence-electron chi connectivity index (χ4n) is 4.82. The molecule has 0 N–H and O–H groups in total. The number of ether oxygens (including phenoxy) is 8. The number of benzene rings is 3. The maximum Gasteiger partial charge on any atom is 0.342 e. The molecule has 1 heterocycles. The molecule has 3 aromatic rings. The van der Waals surface area contributed by atoms with Gasteiger partial charge in [0.2, 0.25) is 12.4 Å². The molecule has 1 fully saturated rings. The normalized spacial score (nSPS) is 19.8. The third-order valence-corrected chi connectivity index (χ3v) is 6.83. The number of hydrogen-bond donors (Lipinski definition) is 0. The van der Waals surface area contributed by atoms with Gasteiger partial charge in [0.15, 0.2) is 12.2 Å². The number of hydrogen-bond acceptors (Lipinski definition) is 14. The zero-order chi connectivity index (χ0) is 35.5. The van der Waals surface area contributed by atoms with Crippen LogP contribution in [0.3, 0.4) is 0 Å². The van der Waals surface area contributed by atoms with Gasteiger partial charge in [-0.1, -0.05) is 48.5 Å². The Hall–Kier alpha value is -5.76. The van der Waals surface area contributed by atoms with E-state index >= 15 is 0 Å². The van der Waals surface area contributed by atoms with Crippen LogP contribution in [0.25, 0.3) is 0 Å². The van der Waals surface area contributed by atoms with E-state index in [1.165, 1.54) is 37.3 Å². The molecular weight excluding hydrogens is 644 g/mol. The van der Waals surface area contributed by atoms with Crippen LogP contribution in [-0.4, -0.2) is 73.1 Å². The van der Waals surface area contributed by atoms with Crippen molar-refractivity contribution in [3.63, 3.8) is 0 Å². The molecule has 0 radical (unpaired) electrons. The number of para-hydroxylation sites is 2. The van der Waals surface area contributed by atoms with E-state index in [9.17, 15) is 28.8 Å². The van der Waals surface area contributed by atoms with E-state index in [1.807, 2.05) is 0 Å². The van der Waals surface area contributed by atoms with Gasteiger partial charge in [-0.05, 0) is 30.3 Å². The number of carbonyl (C=O) groups is 6. The van der Waals surface area contributed by atoms with Crippen LogP contribution in [0.15, 0.2) is 78.9 Å². The Labute approximate surface area is 281 Å². The lowest BCUT2D eigenvalue weighted by Gasteiger charge is -2.44. The van der Waals surface area contributed by atoms with Gasteiger partial charge in [0, 0.05) is 33.3 Å². The van der Waals surface area contributed by atoms with Gasteiger partial charge in [-0.3, -0.25) is 19.2 Å². The minimum Gasteiger partial charge on any atom is -0.463 e. The molecule has 4 rings (SSSR count). The average Bonchev–Trinajstić information content (AvgIpc) is 3.05. The number of esters is 6. The Morgan fingerprint density at radius 3 is 1.86 bits per heavy atom. The fourth-order valence-corrected chi connectivity index (χ4v) is 4.82. The summed E-state index contributed by atoms with van der Waals surface area (Å²) in [4.78, 5) is 74.1. The van der Waals surface area contributed by atoms with Crippen molar-refractivity contribution in [2.24, 2.45) is 0 Å². The smallest absolute Gasteiger partial charge is 0.342 e. The first kappa shape index (κ1) is 36.1. The Kier molecular flexibility index (Phi) is 12.4. The lowest BCUT2D eigenvalue weighted by Crippen LogP contribution is -2.63. The summed E-state index contributed by atoms with van der Waals surface area (Å²) in [6.07, 6.45) is -7.24. The lowest BCUT2D eigenvalue weighted by molar-refractivity contribution is -0.285. The summed E-state index contributed by atoms with van der Waals surface area (Å²) in [5.41, 5.74) is 0.491. The van der Waals surface area contributed by atoms with Crippen LogP contribution in [-0.2, 0) is 54.2 Å². The molecule has 0 bridgehead atoms. The van der Waals surface area contributed by atoms with Gasteiger partial charge in [-0.2, -0.15) is 0 Å². The van der Waals surface area contributed by atoms with E-state index in [4.69, 9.17) is 37.9 Å². The predicted molar refractivity (Wildman–Crippen MR) is 166 cm³/mol. The number of carbonyl (C=O) groups excluding carboxylic acids is 6. The fraction of sp³-hybridized carbons (Fsp3) is 0.314. The highest BCUT2D eigenvalue weighted by atomic mass is 16.7. The van der Waals surface area contributed by atoms with Crippen LogP contribution < -0.4 is 9.47 Å². The van der Waals surface area contributed by atoms with E-state index in [0.29, 0.717) is 5.56 Å². The predicted octanol–water partition coefficient (Wildman–Crippen LogP) is 3.72. The van der Waals surface area contributed by atoms with Crippen LogP contribution in [0.2, 0.25) is 0 Å². The Balaban J connectivity index is 1.66. The molecule has 0 saturated carbocycles. The Morgan fingerprint density at radius 2 is 1.20 bits per heavy atom. The molecule has 5 atom stereocenters. The van der Waals surface area contributed by atoms with E-state index in [-0.39, 0.29) is 29.2 Å². The minimum absolute atomic E-state index is 0.00883. The topological polar surface area (TPSA) is 176 Å². The van der Waals surface area contributed by atoms with Crippen molar-refractivity contribution < 1.29 is 66.7 Å². The molecule has 3 aromatic carbocycles. The van der Waals surface area contributed by atoms with Crippen molar-refractivity contribution in [2.45, 2.75) is 65.0 Å². The van der Waals surface area contributed by atoms with Gasteiger partial charge in [-0.25, -0.2) is 9.59 Å². The average molecular weight is 679 g/mol. The molecule has 1 saturated heterocycles. The zero-order valence-corrected chi connectivity index (χ0v) is 27.0. The molecule has 0 aliphatic carbocycles. The number of rotatable bonds is 12. The first-order chi connectivity index (χ1) is 23.4. The maximum atomic E-state index is 13.3. The molecule has 0 amide bonds. The Bertz CT molecular complexity index is 1670. The third kappa shape index (κ3) is 10.1. The summed E-state index contributed by atoms with van der Waals surface area (Å²) in [5.74, 6) is -4.40. The first-order valence-electron chi connectivity index (χ1n) is 15.0. The summed E-state index contributed by atoms with van der Waals surface area (Å²) in [5, 5.41) is 0.